The first kappa shape index (κ1) is 16.0. The van der Waals surface area contributed by atoms with Crippen molar-refractivity contribution in [2.45, 2.75) is 25.5 Å². The van der Waals surface area contributed by atoms with E-state index in [-0.39, 0.29) is 18.4 Å². The monoisotopic (exact) mass is 306 g/mol. The average Bonchev–Trinajstić information content (AvgIpc) is 3.01. The molecule has 2 amide bonds. The number of rotatable bonds is 5. The highest BCUT2D eigenvalue weighted by atomic mass is 19.1. The molecule has 2 rings (SSSR count). The van der Waals surface area contributed by atoms with Crippen LogP contribution in [0.5, 0.6) is 0 Å². The molecule has 5 nitrogen and oxygen atoms in total. The van der Waals surface area contributed by atoms with Gasteiger partial charge in [0.15, 0.2) is 0 Å². The van der Waals surface area contributed by atoms with E-state index in [4.69, 9.17) is 4.42 Å². The zero-order valence-electron chi connectivity index (χ0n) is 12.5. The third-order valence-electron chi connectivity index (χ3n) is 3.36. The number of nitrogens with one attached hydrogen (secondary N) is 2. The van der Waals surface area contributed by atoms with Crippen molar-refractivity contribution in [1.82, 2.24) is 10.6 Å². The molecule has 0 aliphatic heterocycles. The molecule has 22 heavy (non-hydrogen) atoms. The van der Waals surface area contributed by atoms with Gasteiger partial charge in [-0.1, -0.05) is 12.1 Å². The van der Waals surface area contributed by atoms with Gasteiger partial charge in [0.2, 0.25) is 0 Å². The van der Waals surface area contributed by atoms with E-state index in [1.165, 1.54) is 18.4 Å². The van der Waals surface area contributed by atoms with Gasteiger partial charge >= 0.3 is 6.03 Å². The summed E-state index contributed by atoms with van der Waals surface area (Å²) >= 11 is 0. The molecule has 0 radical (unpaired) electrons. The lowest BCUT2D eigenvalue weighted by Crippen LogP contribution is -2.44. The number of furan rings is 1. The van der Waals surface area contributed by atoms with Crippen LogP contribution in [0, 0.1) is 5.82 Å². The van der Waals surface area contributed by atoms with Crippen molar-refractivity contribution in [3.05, 3.63) is 59.8 Å². The fraction of sp³-hybridized carbons (Fsp3) is 0.312. The van der Waals surface area contributed by atoms with Crippen molar-refractivity contribution < 1.29 is 18.7 Å². The molecule has 3 N–H and O–H groups in total. The fourth-order valence-corrected chi connectivity index (χ4v) is 2.01. The van der Waals surface area contributed by atoms with Crippen LogP contribution in [0.4, 0.5) is 9.18 Å². The van der Waals surface area contributed by atoms with Gasteiger partial charge in [0.1, 0.15) is 17.2 Å². The molecule has 0 fully saturated rings. The highest BCUT2D eigenvalue weighted by Crippen LogP contribution is 2.19. The Bertz CT molecular complexity index is 609. The van der Waals surface area contributed by atoms with E-state index in [0.717, 1.165) is 5.56 Å². The number of carbonyl (C=O) groups is 1. The predicted molar refractivity (Wildman–Crippen MR) is 79.6 cm³/mol. The third kappa shape index (κ3) is 4.08. The van der Waals surface area contributed by atoms with Crippen LogP contribution in [0.3, 0.4) is 0 Å². The number of carbonyl (C=O) groups excluding carboxylic acids is 1. The number of hydrogen-bond acceptors (Lipinski definition) is 3. The lowest BCUT2D eigenvalue weighted by molar-refractivity contribution is 0.0366. The summed E-state index contributed by atoms with van der Waals surface area (Å²) in [6.07, 6.45) is 1.46. The van der Waals surface area contributed by atoms with Crippen molar-refractivity contribution in [3.63, 3.8) is 0 Å². The zero-order chi connectivity index (χ0) is 16.2. The summed E-state index contributed by atoms with van der Waals surface area (Å²) < 4.78 is 18.0. The Balaban J connectivity index is 1.86. The van der Waals surface area contributed by atoms with E-state index >= 15 is 0 Å². The highest BCUT2D eigenvalue weighted by molar-refractivity contribution is 5.74. The van der Waals surface area contributed by atoms with E-state index in [0.29, 0.717) is 5.76 Å². The second-order valence-corrected chi connectivity index (χ2v) is 5.35. The molecule has 0 bridgehead atoms. The lowest BCUT2D eigenvalue weighted by Gasteiger charge is -2.22. The second kappa shape index (κ2) is 6.62. The summed E-state index contributed by atoms with van der Waals surface area (Å²) in [5.41, 5.74) is -0.505. The maximum atomic E-state index is 12.9. The van der Waals surface area contributed by atoms with Crippen molar-refractivity contribution >= 4 is 6.03 Å². The van der Waals surface area contributed by atoms with Gasteiger partial charge in [0, 0.05) is 0 Å². The molecule has 2 atom stereocenters. The van der Waals surface area contributed by atoms with E-state index in [1.54, 1.807) is 38.1 Å². The highest BCUT2D eigenvalue weighted by Gasteiger charge is 2.26. The number of halogens is 1. The van der Waals surface area contributed by atoms with Crippen molar-refractivity contribution in [1.29, 1.82) is 0 Å². The molecular formula is C16H19FN2O3. The van der Waals surface area contributed by atoms with Crippen LogP contribution in [0.15, 0.2) is 47.1 Å². The fourth-order valence-electron chi connectivity index (χ4n) is 2.01. The Kier molecular flexibility index (Phi) is 4.82. The summed E-state index contributed by atoms with van der Waals surface area (Å²) in [7, 11) is 0. The van der Waals surface area contributed by atoms with Gasteiger partial charge in [-0.05, 0) is 43.7 Å². The van der Waals surface area contributed by atoms with Crippen LogP contribution in [-0.4, -0.2) is 17.7 Å². The molecule has 1 aromatic heterocycles. The quantitative estimate of drug-likeness (QED) is 0.795. The number of hydrogen-bond donors (Lipinski definition) is 3. The van der Waals surface area contributed by atoms with Crippen LogP contribution in [0.1, 0.15) is 31.2 Å². The maximum absolute atomic E-state index is 12.9. The van der Waals surface area contributed by atoms with Gasteiger partial charge in [0.25, 0.3) is 0 Å². The summed E-state index contributed by atoms with van der Waals surface area (Å²) in [5.74, 6) is 0.0503. The molecule has 0 saturated carbocycles. The second-order valence-electron chi connectivity index (χ2n) is 5.35. The van der Waals surface area contributed by atoms with E-state index in [1.807, 2.05) is 0 Å². The van der Waals surface area contributed by atoms with Gasteiger partial charge in [-0.3, -0.25) is 0 Å². The first-order valence-corrected chi connectivity index (χ1v) is 6.95. The minimum atomic E-state index is -1.29. The number of amides is 2. The molecule has 0 aliphatic carbocycles. The van der Waals surface area contributed by atoms with Crippen LogP contribution in [0.2, 0.25) is 0 Å². The van der Waals surface area contributed by atoms with Crippen LogP contribution >= 0.6 is 0 Å². The van der Waals surface area contributed by atoms with Gasteiger partial charge in [-0.15, -0.1) is 0 Å². The Hall–Kier alpha value is -2.34. The van der Waals surface area contributed by atoms with E-state index < -0.39 is 11.6 Å². The molecule has 0 unspecified atom stereocenters. The predicted octanol–water partition coefficient (Wildman–Crippen LogP) is 2.69. The van der Waals surface area contributed by atoms with Gasteiger partial charge in [0.05, 0.1) is 18.8 Å². The number of urea groups is 1. The molecule has 6 heteroatoms. The molecule has 1 heterocycles. The summed E-state index contributed by atoms with van der Waals surface area (Å²) in [6, 6.07) is 8.50. The molecule has 0 spiro atoms. The maximum Gasteiger partial charge on any atom is 0.315 e. The van der Waals surface area contributed by atoms with Gasteiger partial charge in [-0.25, -0.2) is 9.18 Å². The van der Waals surface area contributed by atoms with Crippen LogP contribution in [0.25, 0.3) is 0 Å². The smallest absolute Gasteiger partial charge is 0.315 e. The molecular weight excluding hydrogens is 287 g/mol. The molecule has 0 saturated heterocycles. The Labute approximate surface area is 128 Å². The Morgan fingerprint density at radius 1 is 1.36 bits per heavy atom. The zero-order valence-corrected chi connectivity index (χ0v) is 12.5. The topological polar surface area (TPSA) is 74.5 Å². The van der Waals surface area contributed by atoms with Crippen molar-refractivity contribution in [3.8, 4) is 0 Å². The average molecular weight is 306 g/mol. The SMILES string of the molecule is C[C@H](NC(=O)NC[C@](C)(O)c1ccco1)c1ccc(F)cc1. The summed E-state index contributed by atoms with van der Waals surface area (Å²) in [6.45, 7) is 3.34. The number of aliphatic hydroxyl groups is 1. The lowest BCUT2D eigenvalue weighted by atomic mass is 10.0. The van der Waals surface area contributed by atoms with E-state index in [2.05, 4.69) is 10.6 Å². The molecule has 2 aromatic rings. The standard InChI is InChI=1S/C16H19FN2O3/c1-11(12-5-7-13(17)8-6-12)19-15(20)18-10-16(2,21)14-4-3-9-22-14/h3-9,11,21H,10H2,1-2H3,(H2,18,19,20)/t11-,16-/m0/s1. The minimum absolute atomic E-state index is 0.00246. The first-order chi connectivity index (χ1) is 10.4. The number of benzene rings is 1. The Morgan fingerprint density at radius 3 is 2.64 bits per heavy atom. The third-order valence-corrected chi connectivity index (χ3v) is 3.36. The van der Waals surface area contributed by atoms with E-state index in [9.17, 15) is 14.3 Å². The summed E-state index contributed by atoms with van der Waals surface area (Å²) in [4.78, 5) is 11.9. The normalized spacial score (nSPS) is 14.9. The Morgan fingerprint density at radius 2 is 2.05 bits per heavy atom. The van der Waals surface area contributed by atoms with Crippen molar-refractivity contribution in [2.24, 2.45) is 0 Å². The van der Waals surface area contributed by atoms with Crippen LogP contribution < -0.4 is 10.6 Å². The van der Waals surface area contributed by atoms with Gasteiger partial charge in [-0.2, -0.15) is 0 Å². The van der Waals surface area contributed by atoms with Crippen LogP contribution in [-0.2, 0) is 5.60 Å². The summed E-state index contributed by atoms with van der Waals surface area (Å²) in [5, 5.41) is 15.5. The molecule has 0 aliphatic rings. The van der Waals surface area contributed by atoms with Gasteiger partial charge < -0.3 is 20.2 Å². The molecule has 118 valence electrons. The molecule has 1 aromatic carbocycles. The van der Waals surface area contributed by atoms with Crippen molar-refractivity contribution in [2.75, 3.05) is 6.54 Å². The minimum Gasteiger partial charge on any atom is -0.466 e. The largest absolute Gasteiger partial charge is 0.466 e. The first-order valence-electron chi connectivity index (χ1n) is 6.95.